The maximum Gasteiger partial charge on any atom is 0.255 e. The zero-order valence-electron chi connectivity index (χ0n) is 10.1. The van der Waals surface area contributed by atoms with Crippen LogP contribution in [-0.4, -0.2) is 11.0 Å². The summed E-state index contributed by atoms with van der Waals surface area (Å²) in [4.78, 5) is 12.1. The third-order valence-corrected chi connectivity index (χ3v) is 3.46. The van der Waals surface area contributed by atoms with E-state index in [0.717, 1.165) is 4.47 Å². The number of hydrogen-bond acceptors (Lipinski definition) is 2. The molecule has 5 heteroatoms. The van der Waals surface area contributed by atoms with E-state index in [2.05, 4.69) is 21.2 Å². The number of carbonyl (C=O) groups excluding carboxylic acids is 1. The lowest BCUT2D eigenvalue weighted by atomic mass is 10.1. The molecule has 0 radical (unpaired) electrons. The molecule has 2 aromatic carbocycles. The Labute approximate surface area is 124 Å². The molecule has 98 valence electrons. The maximum absolute atomic E-state index is 12.1. The maximum atomic E-state index is 12.1. The van der Waals surface area contributed by atoms with Crippen molar-refractivity contribution >= 4 is 39.1 Å². The van der Waals surface area contributed by atoms with E-state index in [-0.39, 0.29) is 11.7 Å². The van der Waals surface area contributed by atoms with Crippen LogP contribution in [0.2, 0.25) is 5.02 Å². The van der Waals surface area contributed by atoms with Crippen LogP contribution in [0, 0.1) is 6.92 Å². The van der Waals surface area contributed by atoms with Crippen molar-refractivity contribution in [2.75, 3.05) is 5.32 Å². The van der Waals surface area contributed by atoms with Gasteiger partial charge in [-0.2, -0.15) is 0 Å². The Morgan fingerprint density at radius 1 is 1.26 bits per heavy atom. The molecule has 0 aliphatic carbocycles. The summed E-state index contributed by atoms with van der Waals surface area (Å²) in [5.74, 6) is -0.111. The molecule has 19 heavy (non-hydrogen) atoms. The van der Waals surface area contributed by atoms with E-state index in [1.165, 1.54) is 6.07 Å². The van der Waals surface area contributed by atoms with E-state index in [0.29, 0.717) is 21.8 Å². The molecular weight excluding hydrogens is 330 g/mol. The molecule has 0 heterocycles. The van der Waals surface area contributed by atoms with Gasteiger partial charge in [-0.3, -0.25) is 4.79 Å². The van der Waals surface area contributed by atoms with Crippen LogP contribution < -0.4 is 5.32 Å². The summed E-state index contributed by atoms with van der Waals surface area (Å²) in [5, 5.41) is 12.6. The van der Waals surface area contributed by atoms with Gasteiger partial charge in [-0.15, -0.1) is 0 Å². The molecule has 2 rings (SSSR count). The van der Waals surface area contributed by atoms with Gasteiger partial charge in [0.25, 0.3) is 5.91 Å². The highest BCUT2D eigenvalue weighted by Crippen LogP contribution is 2.26. The number of amides is 1. The summed E-state index contributed by atoms with van der Waals surface area (Å²) in [7, 11) is 0. The van der Waals surface area contributed by atoms with Gasteiger partial charge in [0.2, 0.25) is 0 Å². The van der Waals surface area contributed by atoms with Crippen molar-refractivity contribution in [1.82, 2.24) is 0 Å². The number of nitrogens with one attached hydrogen (secondary N) is 1. The third-order valence-electron chi connectivity index (χ3n) is 2.64. The minimum absolute atomic E-state index is 0.164. The van der Waals surface area contributed by atoms with Crippen molar-refractivity contribution in [2.45, 2.75) is 6.92 Å². The Hall–Kier alpha value is -1.52. The Morgan fingerprint density at radius 2 is 2.00 bits per heavy atom. The molecule has 0 atom stereocenters. The largest absolute Gasteiger partial charge is 0.508 e. The fourth-order valence-corrected chi connectivity index (χ4v) is 2.11. The van der Waals surface area contributed by atoms with Crippen molar-refractivity contribution in [3.8, 4) is 5.75 Å². The first-order valence-electron chi connectivity index (χ1n) is 5.53. The number of aromatic hydroxyl groups is 1. The van der Waals surface area contributed by atoms with Gasteiger partial charge in [-0.25, -0.2) is 0 Å². The fourth-order valence-electron chi connectivity index (χ4n) is 1.58. The fraction of sp³-hybridized carbons (Fsp3) is 0.0714. The van der Waals surface area contributed by atoms with Gasteiger partial charge in [-0.05, 0) is 48.9 Å². The number of rotatable bonds is 2. The van der Waals surface area contributed by atoms with Crippen molar-refractivity contribution in [3.63, 3.8) is 0 Å². The second-order valence-corrected chi connectivity index (χ2v) is 5.40. The average molecular weight is 341 g/mol. The normalized spacial score (nSPS) is 10.3. The Kier molecular flexibility index (Phi) is 4.12. The Bertz CT molecular complexity index is 643. The minimum atomic E-state index is -0.275. The molecule has 0 aliphatic heterocycles. The number of benzene rings is 2. The van der Waals surface area contributed by atoms with E-state index in [4.69, 9.17) is 11.6 Å². The summed E-state index contributed by atoms with van der Waals surface area (Å²) < 4.78 is 0.828. The number of phenols is 1. The van der Waals surface area contributed by atoms with Crippen LogP contribution in [0.1, 0.15) is 15.9 Å². The number of aryl methyl sites for hydroxylation is 1. The predicted molar refractivity (Wildman–Crippen MR) is 79.9 cm³/mol. The molecule has 0 spiro atoms. The smallest absolute Gasteiger partial charge is 0.255 e. The average Bonchev–Trinajstić information content (AvgIpc) is 2.37. The first-order chi connectivity index (χ1) is 8.97. The van der Waals surface area contributed by atoms with Gasteiger partial charge < -0.3 is 10.4 Å². The summed E-state index contributed by atoms with van der Waals surface area (Å²) in [6.07, 6.45) is 0. The summed E-state index contributed by atoms with van der Waals surface area (Å²) >= 11 is 9.33. The van der Waals surface area contributed by atoms with Gasteiger partial charge >= 0.3 is 0 Å². The summed E-state index contributed by atoms with van der Waals surface area (Å²) in [6.45, 7) is 1.73. The van der Waals surface area contributed by atoms with Gasteiger partial charge in [0.05, 0.1) is 10.7 Å². The third kappa shape index (κ3) is 3.28. The predicted octanol–water partition coefficient (Wildman–Crippen LogP) is 4.37. The van der Waals surface area contributed by atoms with Gasteiger partial charge in [-0.1, -0.05) is 27.5 Å². The molecule has 0 saturated heterocycles. The molecule has 0 saturated carbocycles. The van der Waals surface area contributed by atoms with Gasteiger partial charge in [0, 0.05) is 10.0 Å². The van der Waals surface area contributed by atoms with Crippen molar-refractivity contribution in [2.24, 2.45) is 0 Å². The summed E-state index contributed by atoms with van der Waals surface area (Å²) in [5.41, 5.74) is 1.64. The lowest BCUT2D eigenvalue weighted by molar-refractivity contribution is 0.102. The molecular formula is C14H11BrClNO2. The topological polar surface area (TPSA) is 49.3 Å². The van der Waals surface area contributed by atoms with E-state index >= 15 is 0 Å². The molecule has 2 N–H and O–H groups in total. The van der Waals surface area contributed by atoms with E-state index in [1.807, 2.05) is 0 Å². The van der Waals surface area contributed by atoms with Crippen LogP contribution in [0.15, 0.2) is 40.9 Å². The zero-order valence-corrected chi connectivity index (χ0v) is 12.4. The monoisotopic (exact) mass is 339 g/mol. The van der Waals surface area contributed by atoms with Crippen LogP contribution in [-0.2, 0) is 0 Å². The zero-order chi connectivity index (χ0) is 14.0. The Balaban J connectivity index is 2.25. The van der Waals surface area contributed by atoms with E-state index < -0.39 is 0 Å². The van der Waals surface area contributed by atoms with E-state index in [9.17, 15) is 9.90 Å². The molecule has 3 nitrogen and oxygen atoms in total. The second kappa shape index (κ2) is 5.63. The molecule has 0 aromatic heterocycles. The quantitative estimate of drug-likeness (QED) is 0.853. The summed E-state index contributed by atoms with van der Waals surface area (Å²) in [6, 6.07) is 9.90. The lowest BCUT2D eigenvalue weighted by Crippen LogP contribution is -2.12. The highest BCUT2D eigenvalue weighted by Gasteiger charge is 2.10. The highest BCUT2D eigenvalue weighted by atomic mass is 79.9. The molecule has 2 aromatic rings. The van der Waals surface area contributed by atoms with Crippen LogP contribution in [0.5, 0.6) is 5.75 Å². The first kappa shape index (κ1) is 13.9. The standard InChI is InChI=1S/C14H11BrClNO2/c1-8-6-9(2-5-13(8)18)14(19)17-12-7-10(15)3-4-11(12)16/h2-7,18H,1H3,(H,17,19). The minimum Gasteiger partial charge on any atom is -0.508 e. The number of phenolic OH excluding ortho intramolecular Hbond substituents is 1. The number of halogens is 2. The lowest BCUT2D eigenvalue weighted by Gasteiger charge is -2.08. The molecule has 0 aliphatic rings. The van der Waals surface area contributed by atoms with Crippen LogP contribution >= 0.6 is 27.5 Å². The van der Waals surface area contributed by atoms with Crippen LogP contribution in [0.3, 0.4) is 0 Å². The number of carbonyl (C=O) groups is 1. The molecule has 0 bridgehead atoms. The SMILES string of the molecule is Cc1cc(C(=O)Nc2cc(Br)ccc2Cl)ccc1O. The van der Waals surface area contributed by atoms with Gasteiger partial charge in [0.15, 0.2) is 0 Å². The first-order valence-corrected chi connectivity index (χ1v) is 6.70. The number of hydrogen-bond donors (Lipinski definition) is 2. The van der Waals surface area contributed by atoms with Crippen LogP contribution in [0.25, 0.3) is 0 Å². The van der Waals surface area contributed by atoms with Gasteiger partial charge in [0.1, 0.15) is 5.75 Å². The molecule has 0 fully saturated rings. The highest BCUT2D eigenvalue weighted by molar-refractivity contribution is 9.10. The Morgan fingerprint density at radius 3 is 2.68 bits per heavy atom. The second-order valence-electron chi connectivity index (χ2n) is 4.08. The number of anilines is 1. The van der Waals surface area contributed by atoms with Crippen molar-refractivity contribution in [3.05, 3.63) is 57.0 Å². The van der Waals surface area contributed by atoms with E-state index in [1.54, 1.807) is 37.3 Å². The van der Waals surface area contributed by atoms with Crippen LogP contribution in [0.4, 0.5) is 5.69 Å². The molecule has 0 unspecified atom stereocenters. The van der Waals surface area contributed by atoms with Crippen molar-refractivity contribution in [1.29, 1.82) is 0 Å². The van der Waals surface area contributed by atoms with Crippen molar-refractivity contribution < 1.29 is 9.90 Å². The molecule has 1 amide bonds.